The van der Waals surface area contributed by atoms with Crippen LogP contribution in [0.15, 0.2) is 61.1 Å². The quantitative estimate of drug-likeness (QED) is 0.243. The van der Waals surface area contributed by atoms with Crippen LogP contribution in [0.3, 0.4) is 0 Å². The highest BCUT2D eigenvalue weighted by molar-refractivity contribution is 6.26. The number of pyridine rings is 1. The normalized spacial score (nSPS) is 22.9. The lowest BCUT2D eigenvalue weighted by molar-refractivity contribution is -0.129. The first-order valence-electron chi connectivity index (χ1n) is 14.7. The molecule has 0 saturated carbocycles. The van der Waals surface area contributed by atoms with Crippen molar-refractivity contribution in [1.82, 2.24) is 14.5 Å². The first kappa shape index (κ1) is 28.9. The number of nitrogens with zero attached hydrogens (tertiary/aromatic N) is 4. The standard InChI is InChI=1S/C34H38N4O5/c1-20-8-12-23(13-9-20)41-18-26-25(42-24-14-10-21(2)11-15-24)16-27(43-26)37-19-36-28-29(37)22(3)17-35-30(28)38-31(39)33(4,5)34(6,7)32(38)40/h8-15,17,19,25-27H,16,18H2,1-7H3/t25-,26+,27+/m0/s1. The van der Waals surface area contributed by atoms with Crippen molar-refractivity contribution in [3.8, 4) is 11.5 Å². The number of fused-ring (bicyclic) bond motifs is 1. The fraction of sp³-hybridized carbons (Fsp3) is 0.412. The summed E-state index contributed by atoms with van der Waals surface area (Å²) in [5, 5.41) is 0. The maximum absolute atomic E-state index is 13.5. The van der Waals surface area contributed by atoms with E-state index in [1.54, 1.807) is 40.2 Å². The molecule has 4 heterocycles. The highest BCUT2D eigenvalue weighted by Gasteiger charge is 2.60. The summed E-state index contributed by atoms with van der Waals surface area (Å²) >= 11 is 0. The van der Waals surface area contributed by atoms with E-state index in [1.165, 1.54) is 4.90 Å². The molecule has 2 saturated heterocycles. The van der Waals surface area contributed by atoms with Crippen LogP contribution in [0.25, 0.3) is 11.0 Å². The van der Waals surface area contributed by atoms with Crippen LogP contribution in [0.1, 0.15) is 57.0 Å². The Kier molecular flexibility index (Phi) is 7.04. The fourth-order valence-corrected chi connectivity index (χ4v) is 5.71. The lowest BCUT2D eigenvalue weighted by atomic mass is 9.70. The van der Waals surface area contributed by atoms with E-state index in [0.29, 0.717) is 18.5 Å². The molecule has 0 N–H and O–H groups in total. The van der Waals surface area contributed by atoms with Crippen molar-refractivity contribution in [1.29, 1.82) is 0 Å². The molecule has 0 aliphatic carbocycles. The minimum atomic E-state index is -0.884. The van der Waals surface area contributed by atoms with Gasteiger partial charge in [0.05, 0.1) is 22.7 Å². The monoisotopic (exact) mass is 582 g/mol. The van der Waals surface area contributed by atoms with Crippen LogP contribution in [0.4, 0.5) is 5.82 Å². The molecule has 43 heavy (non-hydrogen) atoms. The van der Waals surface area contributed by atoms with Crippen molar-refractivity contribution in [2.75, 3.05) is 11.5 Å². The average Bonchev–Trinajstić information content (AvgIpc) is 3.62. The van der Waals surface area contributed by atoms with E-state index < -0.39 is 17.1 Å². The Hall–Kier alpha value is -4.24. The number of imide groups is 1. The molecule has 9 heteroatoms. The summed E-state index contributed by atoms with van der Waals surface area (Å²) in [6.45, 7) is 13.5. The van der Waals surface area contributed by atoms with Gasteiger partial charge in [0.1, 0.15) is 42.1 Å². The highest BCUT2D eigenvalue weighted by Crippen LogP contribution is 2.49. The van der Waals surface area contributed by atoms with Crippen LogP contribution >= 0.6 is 0 Å². The minimum Gasteiger partial charge on any atom is -0.491 e. The van der Waals surface area contributed by atoms with Crippen LogP contribution in [0.5, 0.6) is 11.5 Å². The molecule has 2 aromatic heterocycles. The molecule has 2 aliphatic rings. The molecule has 2 aromatic carbocycles. The third kappa shape index (κ3) is 4.85. The van der Waals surface area contributed by atoms with E-state index >= 15 is 0 Å². The second-order valence-electron chi connectivity index (χ2n) is 12.8. The van der Waals surface area contributed by atoms with E-state index in [1.807, 2.05) is 73.9 Å². The summed E-state index contributed by atoms with van der Waals surface area (Å²) in [5.41, 5.74) is 2.63. The van der Waals surface area contributed by atoms with Crippen LogP contribution in [0.2, 0.25) is 0 Å². The van der Waals surface area contributed by atoms with E-state index in [4.69, 9.17) is 14.2 Å². The van der Waals surface area contributed by atoms with Gasteiger partial charge >= 0.3 is 0 Å². The third-order valence-electron chi connectivity index (χ3n) is 9.24. The lowest BCUT2D eigenvalue weighted by Crippen LogP contribution is -2.35. The minimum absolute atomic E-state index is 0.248. The Bertz CT molecular complexity index is 1660. The molecule has 4 aromatic rings. The summed E-state index contributed by atoms with van der Waals surface area (Å²) in [7, 11) is 0. The zero-order valence-electron chi connectivity index (χ0n) is 25.7. The first-order chi connectivity index (χ1) is 20.4. The number of aryl methyl sites for hydroxylation is 3. The number of amides is 2. The van der Waals surface area contributed by atoms with Crippen molar-refractivity contribution in [3.63, 3.8) is 0 Å². The molecular weight excluding hydrogens is 544 g/mol. The number of aromatic nitrogens is 3. The molecule has 224 valence electrons. The van der Waals surface area contributed by atoms with Crippen LogP contribution in [-0.2, 0) is 14.3 Å². The van der Waals surface area contributed by atoms with E-state index in [0.717, 1.165) is 33.7 Å². The van der Waals surface area contributed by atoms with Gasteiger partial charge in [0.25, 0.3) is 0 Å². The van der Waals surface area contributed by atoms with Gasteiger partial charge in [-0.05, 0) is 78.3 Å². The van der Waals surface area contributed by atoms with Crippen molar-refractivity contribution in [2.24, 2.45) is 10.8 Å². The molecule has 3 atom stereocenters. The van der Waals surface area contributed by atoms with Gasteiger partial charge in [0.15, 0.2) is 5.82 Å². The van der Waals surface area contributed by atoms with Gasteiger partial charge in [0, 0.05) is 12.6 Å². The van der Waals surface area contributed by atoms with Crippen LogP contribution < -0.4 is 14.4 Å². The largest absolute Gasteiger partial charge is 0.491 e. The Morgan fingerprint density at radius 1 is 0.860 bits per heavy atom. The first-order valence-corrected chi connectivity index (χ1v) is 14.7. The van der Waals surface area contributed by atoms with Gasteiger partial charge in [-0.15, -0.1) is 0 Å². The second-order valence-corrected chi connectivity index (χ2v) is 12.8. The molecule has 0 spiro atoms. The zero-order chi connectivity index (χ0) is 30.7. The lowest BCUT2D eigenvalue weighted by Gasteiger charge is -2.28. The van der Waals surface area contributed by atoms with Crippen molar-refractivity contribution in [3.05, 3.63) is 77.7 Å². The average molecular weight is 583 g/mol. The van der Waals surface area contributed by atoms with Crippen LogP contribution in [0, 0.1) is 31.6 Å². The molecule has 2 aliphatic heterocycles. The van der Waals surface area contributed by atoms with E-state index in [9.17, 15) is 9.59 Å². The van der Waals surface area contributed by atoms with E-state index in [-0.39, 0.29) is 29.8 Å². The molecule has 6 rings (SSSR count). The molecule has 0 bridgehead atoms. The van der Waals surface area contributed by atoms with Crippen molar-refractivity contribution in [2.45, 2.75) is 73.3 Å². The SMILES string of the molecule is Cc1ccc(OC[C@H]2O[C@@H](n3cnc4c(N5C(=O)C(C)(C)C(C)(C)C5=O)ncc(C)c43)C[C@@H]2Oc2ccc(C)cc2)cc1. The summed E-state index contributed by atoms with van der Waals surface area (Å²) < 4.78 is 21.1. The van der Waals surface area contributed by atoms with E-state index in [2.05, 4.69) is 9.97 Å². The van der Waals surface area contributed by atoms with Crippen molar-refractivity contribution >= 4 is 28.7 Å². The number of hydrogen-bond acceptors (Lipinski definition) is 7. The Morgan fingerprint density at radius 3 is 2.05 bits per heavy atom. The molecule has 2 amide bonds. The Balaban J connectivity index is 1.33. The maximum Gasteiger partial charge on any atom is 0.241 e. The Labute approximate surface area is 251 Å². The number of carbonyl (C=O) groups excluding carboxylic acids is 2. The second kappa shape index (κ2) is 10.5. The van der Waals surface area contributed by atoms with Gasteiger partial charge in [0.2, 0.25) is 11.8 Å². The van der Waals surface area contributed by atoms with Gasteiger partial charge < -0.3 is 18.8 Å². The summed E-state index contributed by atoms with van der Waals surface area (Å²) in [5.74, 6) is 1.20. The third-order valence-corrected chi connectivity index (χ3v) is 9.24. The van der Waals surface area contributed by atoms with Gasteiger partial charge in [-0.3, -0.25) is 9.59 Å². The highest BCUT2D eigenvalue weighted by atomic mass is 16.6. The summed E-state index contributed by atoms with van der Waals surface area (Å²) in [6.07, 6.45) is 2.84. The smallest absolute Gasteiger partial charge is 0.241 e. The fourth-order valence-electron chi connectivity index (χ4n) is 5.71. The predicted octanol–water partition coefficient (Wildman–Crippen LogP) is 6.10. The molecule has 0 unspecified atom stereocenters. The number of ether oxygens (including phenoxy) is 3. The number of carbonyl (C=O) groups is 2. The number of hydrogen-bond donors (Lipinski definition) is 0. The molecular formula is C34H38N4O5. The number of imidazole rings is 1. The summed E-state index contributed by atoms with van der Waals surface area (Å²) in [6, 6.07) is 15.9. The number of rotatable bonds is 7. The molecule has 0 radical (unpaired) electrons. The Morgan fingerprint density at radius 2 is 1.44 bits per heavy atom. The van der Waals surface area contributed by atoms with Crippen LogP contribution in [-0.4, -0.2) is 45.2 Å². The number of anilines is 1. The topological polar surface area (TPSA) is 95.8 Å². The van der Waals surface area contributed by atoms with Crippen molar-refractivity contribution < 1.29 is 23.8 Å². The summed E-state index contributed by atoms with van der Waals surface area (Å²) in [4.78, 5) is 37.4. The van der Waals surface area contributed by atoms with Gasteiger partial charge in [-0.25, -0.2) is 14.9 Å². The molecule has 2 fully saturated rings. The maximum atomic E-state index is 13.5. The zero-order valence-corrected chi connectivity index (χ0v) is 25.7. The van der Waals surface area contributed by atoms with Gasteiger partial charge in [-0.2, -0.15) is 0 Å². The molecule has 9 nitrogen and oxygen atoms in total. The van der Waals surface area contributed by atoms with Gasteiger partial charge in [-0.1, -0.05) is 35.4 Å². The number of benzene rings is 2. The predicted molar refractivity (Wildman–Crippen MR) is 163 cm³/mol.